The van der Waals surface area contributed by atoms with E-state index in [9.17, 15) is 4.79 Å². The first-order chi connectivity index (χ1) is 11.8. The highest BCUT2D eigenvalue weighted by Crippen LogP contribution is 2.24. The largest absolute Gasteiger partial charge is 0.492 e. The van der Waals surface area contributed by atoms with Crippen LogP contribution in [-0.2, 0) is 6.54 Å². The number of ether oxygens (including phenoxy) is 1. The number of nitrogens with one attached hydrogen (secondary N) is 2. The van der Waals surface area contributed by atoms with Gasteiger partial charge in [0.15, 0.2) is 11.5 Å². The van der Waals surface area contributed by atoms with Crippen molar-refractivity contribution in [2.24, 2.45) is 0 Å². The lowest BCUT2D eigenvalue weighted by molar-refractivity contribution is 0.250. The van der Waals surface area contributed by atoms with Crippen molar-refractivity contribution in [1.29, 1.82) is 0 Å². The highest BCUT2D eigenvalue weighted by molar-refractivity contribution is 5.90. The molecule has 6 nitrogen and oxygen atoms in total. The van der Waals surface area contributed by atoms with Gasteiger partial charge in [-0.2, -0.15) is 0 Å². The lowest BCUT2D eigenvalue weighted by Gasteiger charge is -2.11. The molecule has 24 heavy (non-hydrogen) atoms. The molecule has 3 aromatic rings. The molecule has 0 spiro atoms. The monoisotopic (exact) mass is 326 g/mol. The number of carbonyl (C=O) groups is 1. The van der Waals surface area contributed by atoms with E-state index >= 15 is 0 Å². The first kappa shape index (κ1) is 15.7. The SMILES string of the molecule is CCOc1ccccc1NC(=O)NCc1ccc(-c2ccco2)o1. The first-order valence-electron chi connectivity index (χ1n) is 7.65. The van der Waals surface area contributed by atoms with Crippen molar-refractivity contribution in [2.45, 2.75) is 13.5 Å². The molecule has 6 heteroatoms. The lowest BCUT2D eigenvalue weighted by Crippen LogP contribution is -2.28. The van der Waals surface area contributed by atoms with Crippen molar-refractivity contribution in [3.63, 3.8) is 0 Å². The Morgan fingerprint density at radius 3 is 2.75 bits per heavy atom. The second-order valence-electron chi connectivity index (χ2n) is 4.98. The number of hydrogen-bond acceptors (Lipinski definition) is 4. The van der Waals surface area contributed by atoms with Crippen LogP contribution in [0.4, 0.5) is 10.5 Å². The highest BCUT2D eigenvalue weighted by Gasteiger charge is 2.10. The van der Waals surface area contributed by atoms with Gasteiger partial charge in [0.2, 0.25) is 0 Å². The zero-order chi connectivity index (χ0) is 16.8. The molecule has 0 saturated carbocycles. The summed E-state index contributed by atoms with van der Waals surface area (Å²) < 4.78 is 16.4. The first-order valence-corrected chi connectivity index (χ1v) is 7.65. The van der Waals surface area contributed by atoms with Gasteiger partial charge >= 0.3 is 6.03 Å². The van der Waals surface area contributed by atoms with Crippen LogP contribution in [0, 0.1) is 0 Å². The number of urea groups is 1. The average molecular weight is 326 g/mol. The van der Waals surface area contributed by atoms with E-state index in [1.165, 1.54) is 0 Å². The van der Waals surface area contributed by atoms with Gasteiger partial charge in [0.25, 0.3) is 0 Å². The molecule has 0 fully saturated rings. The molecule has 0 atom stereocenters. The molecule has 0 aliphatic carbocycles. The van der Waals surface area contributed by atoms with Crippen LogP contribution < -0.4 is 15.4 Å². The van der Waals surface area contributed by atoms with Crippen molar-refractivity contribution < 1.29 is 18.4 Å². The smallest absolute Gasteiger partial charge is 0.319 e. The summed E-state index contributed by atoms with van der Waals surface area (Å²) in [7, 11) is 0. The van der Waals surface area contributed by atoms with Crippen LogP contribution in [0.1, 0.15) is 12.7 Å². The van der Waals surface area contributed by atoms with Gasteiger partial charge in [0, 0.05) is 0 Å². The predicted octanol–water partition coefficient (Wildman–Crippen LogP) is 4.26. The van der Waals surface area contributed by atoms with Crippen molar-refractivity contribution >= 4 is 11.7 Å². The summed E-state index contributed by atoms with van der Waals surface area (Å²) in [6.45, 7) is 2.69. The topological polar surface area (TPSA) is 76.6 Å². The van der Waals surface area contributed by atoms with Crippen LogP contribution in [-0.4, -0.2) is 12.6 Å². The third kappa shape index (κ3) is 3.78. The maximum atomic E-state index is 12.0. The Hall–Kier alpha value is -3.15. The molecule has 0 aliphatic rings. The van der Waals surface area contributed by atoms with Crippen LogP contribution in [0.3, 0.4) is 0 Å². The van der Waals surface area contributed by atoms with Gasteiger partial charge in [-0.15, -0.1) is 0 Å². The van der Waals surface area contributed by atoms with Crippen molar-refractivity contribution in [3.05, 3.63) is 60.6 Å². The number of rotatable bonds is 6. The highest BCUT2D eigenvalue weighted by atomic mass is 16.5. The summed E-state index contributed by atoms with van der Waals surface area (Å²) in [5.41, 5.74) is 0.618. The molecule has 2 heterocycles. The normalized spacial score (nSPS) is 10.4. The quantitative estimate of drug-likeness (QED) is 0.709. The fourth-order valence-electron chi connectivity index (χ4n) is 2.21. The molecule has 2 N–H and O–H groups in total. The molecule has 0 bridgehead atoms. The van der Waals surface area contributed by atoms with Gasteiger partial charge in [-0.25, -0.2) is 4.79 Å². The number of carbonyl (C=O) groups excluding carboxylic acids is 1. The molecule has 2 aromatic heterocycles. The minimum Gasteiger partial charge on any atom is -0.492 e. The fraction of sp³-hybridized carbons (Fsp3) is 0.167. The number of furan rings is 2. The van der Waals surface area contributed by atoms with E-state index < -0.39 is 0 Å². The minimum atomic E-state index is -0.335. The molecular formula is C18H18N2O4. The zero-order valence-corrected chi connectivity index (χ0v) is 13.2. The lowest BCUT2D eigenvalue weighted by atomic mass is 10.3. The van der Waals surface area contributed by atoms with E-state index in [1.54, 1.807) is 36.6 Å². The van der Waals surface area contributed by atoms with Crippen molar-refractivity contribution in [2.75, 3.05) is 11.9 Å². The van der Waals surface area contributed by atoms with Crippen molar-refractivity contribution in [3.8, 4) is 17.3 Å². The summed E-state index contributed by atoms with van der Waals surface area (Å²) >= 11 is 0. The third-order valence-corrected chi connectivity index (χ3v) is 3.28. The van der Waals surface area contributed by atoms with Gasteiger partial charge < -0.3 is 24.2 Å². The minimum absolute atomic E-state index is 0.267. The van der Waals surface area contributed by atoms with Crippen molar-refractivity contribution in [1.82, 2.24) is 5.32 Å². The Bertz CT molecular complexity index is 793. The van der Waals surface area contributed by atoms with Gasteiger partial charge in [-0.05, 0) is 43.3 Å². The molecule has 0 radical (unpaired) electrons. The summed E-state index contributed by atoms with van der Waals surface area (Å²) in [5, 5.41) is 5.51. The molecule has 1 aromatic carbocycles. The molecule has 0 saturated heterocycles. The Morgan fingerprint density at radius 1 is 1.08 bits per heavy atom. The standard InChI is InChI=1S/C18H18N2O4/c1-2-22-15-7-4-3-6-14(15)20-18(21)19-12-13-9-10-17(24-13)16-8-5-11-23-16/h3-11H,2,12H2,1H3,(H2,19,20,21). The summed E-state index contributed by atoms with van der Waals surface area (Å²) in [6, 6.07) is 14.1. The average Bonchev–Trinajstić information content (AvgIpc) is 3.26. The van der Waals surface area contributed by atoms with Crippen LogP contribution in [0.15, 0.2) is 63.6 Å². The van der Waals surface area contributed by atoms with Gasteiger partial charge in [0.05, 0.1) is 25.1 Å². The van der Waals surface area contributed by atoms with E-state index in [2.05, 4.69) is 10.6 Å². The number of anilines is 1. The number of hydrogen-bond donors (Lipinski definition) is 2. The fourth-order valence-corrected chi connectivity index (χ4v) is 2.21. The Kier molecular flexibility index (Phi) is 4.86. The van der Waals surface area contributed by atoms with Gasteiger partial charge in [0.1, 0.15) is 11.5 Å². The maximum absolute atomic E-state index is 12.0. The third-order valence-electron chi connectivity index (χ3n) is 3.28. The number of benzene rings is 1. The van der Waals surface area contributed by atoms with Crippen LogP contribution in [0.25, 0.3) is 11.5 Å². The van der Waals surface area contributed by atoms with E-state index in [0.717, 1.165) is 0 Å². The van der Waals surface area contributed by atoms with E-state index in [0.29, 0.717) is 35.3 Å². The molecule has 3 rings (SSSR count). The number of amides is 2. The molecule has 0 unspecified atom stereocenters. The van der Waals surface area contributed by atoms with Crippen LogP contribution in [0.5, 0.6) is 5.75 Å². The summed E-state index contributed by atoms with van der Waals surface area (Å²) in [5.74, 6) is 2.54. The van der Waals surface area contributed by atoms with Crippen LogP contribution >= 0.6 is 0 Å². The van der Waals surface area contributed by atoms with Gasteiger partial charge in [-0.1, -0.05) is 12.1 Å². The van der Waals surface area contributed by atoms with Gasteiger partial charge in [-0.3, -0.25) is 0 Å². The summed E-state index contributed by atoms with van der Waals surface area (Å²) in [6.07, 6.45) is 1.58. The van der Waals surface area contributed by atoms with E-state index in [-0.39, 0.29) is 12.6 Å². The van der Waals surface area contributed by atoms with E-state index in [1.807, 2.05) is 25.1 Å². The Labute approximate surface area is 139 Å². The number of para-hydroxylation sites is 2. The Morgan fingerprint density at radius 2 is 1.96 bits per heavy atom. The van der Waals surface area contributed by atoms with E-state index in [4.69, 9.17) is 13.6 Å². The molecular weight excluding hydrogens is 308 g/mol. The molecule has 0 aliphatic heterocycles. The zero-order valence-electron chi connectivity index (χ0n) is 13.2. The predicted molar refractivity (Wildman–Crippen MR) is 89.9 cm³/mol. The second-order valence-corrected chi connectivity index (χ2v) is 4.98. The summed E-state index contributed by atoms with van der Waals surface area (Å²) in [4.78, 5) is 12.0. The maximum Gasteiger partial charge on any atom is 0.319 e. The molecule has 124 valence electrons. The van der Waals surface area contributed by atoms with Crippen LogP contribution in [0.2, 0.25) is 0 Å². The second kappa shape index (κ2) is 7.41. The Balaban J connectivity index is 1.56. The molecule has 2 amide bonds.